The summed E-state index contributed by atoms with van der Waals surface area (Å²) in [5, 5.41) is 12.3. The van der Waals surface area contributed by atoms with E-state index in [1.807, 2.05) is 65.5 Å². The van der Waals surface area contributed by atoms with Crippen molar-refractivity contribution >= 4 is 22.5 Å². The van der Waals surface area contributed by atoms with Crippen LogP contribution in [0.2, 0.25) is 0 Å². The zero-order valence-electron chi connectivity index (χ0n) is 16.0. The van der Waals surface area contributed by atoms with E-state index in [1.54, 1.807) is 6.33 Å². The highest BCUT2D eigenvalue weighted by Crippen LogP contribution is 2.28. The topological polar surface area (TPSA) is 76.9 Å². The lowest BCUT2D eigenvalue weighted by Gasteiger charge is -2.23. The fourth-order valence-electron chi connectivity index (χ4n) is 3.64. The SMILES string of the molecule is c1ccc(Oc2ccc(Nc3ncnc4c3cnn4[C@@H]3CCCNC3)cc2)cc1. The van der Waals surface area contributed by atoms with Crippen LogP contribution in [-0.2, 0) is 0 Å². The van der Waals surface area contributed by atoms with E-state index >= 15 is 0 Å². The molecule has 0 saturated carbocycles. The molecule has 1 aliphatic rings. The van der Waals surface area contributed by atoms with Crippen LogP contribution in [0.4, 0.5) is 11.5 Å². The largest absolute Gasteiger partial charge is 0.457 e. The van der Waals surface area contributed by atoms with E-state index in [0.29, 0.717) is 6.04 Å². The van der Waals surface area contributed by atoms with Crippen LogP contribution in [0.15, 0.2) is 67.1 Å². The summed E-state index contributed by atoms with van der Waals surface area (Å²) in [5.74, 6) is 2.35. The summed E-state index contributed by atoms with van der Waals surface area (Å²) in [6.45, 7) is 1.99. The molecule has 2 aromatic heterocycles. The van der Waals surface area contributed by atoms with E-state index in [-0.39, 0.29) is 0 Å². The number of nitrogens with one attached hydrogen (secondary N) is 2. The molecule has 3 heterocycles. The molecule has 1 fully saturated rings. The molecule has 0 amide bonds. The van der Waals surface area contributed by atoms with Crippen LogP contribution in [0, 0.1) is 0 Å². The van der Waals surface area contributed by atoms with Crippen molar-refractivity contribution in [1.82, 2.24) is 25.1 Å². The molecule has 5 rings (SSSR count). The summed E-state index contributed by atoms with van der Waals surface area (Å²) >= 11 is 0. The van der Waals surface area contributed by atoms with Crippen molar-refractivity contribution < 1.29 is 4.74 Å². The van der Waals surface area contributed by atoms with Crippen LogP contribution in [-0.4, -0.2) is 32.8 Å². The van der Waals surface area contributed by atoms with Gasteiger partial charge in [0.15, 0.2) is 5.65 Å². The van der Waals surface area contributed by atoms with Gasteiger partial charge in [0.25, 0.3) is 0 Å². The van der Waals surface area contributed by atoms with Crippen LogP contribution in [0.5, 0.6) is 11.5 Å². The molecule has 7 heteroatoms. The molecule has 0 spiro atoms. The Morgan fingerprint density at radius 3 is 2.62 bits per heavy atom. The number of anilines is 2. The standard InChI is InChI=1S/C22H22N6O/c1-2-6-18(7-3-1)29-19-10-8-16(9-11-19)27-21-20-14-26-28(22(20)25-15-24-21)17-5-4-12-23-13-17/h1-3,6-11,14-15,17,23H,4-5,12-13H2,(H,24,25,27)/t17-/m1/s1. The van der Waals surface area contributed by atoms with Gasteiger partial charge in [-0.1, -0.05) is 18.2 Å². The molecule has 29 heavy (non-hydrogen) atoms. The van der Waals surface area contributed by atoms with Crippen LogP contribution in [0.3, 0.4) is 0 Å². The number of fused-ring (bicyclic) bond motifs is 1. The summed E-state index contributed by atoms with van der Waals surface area (Å²) in [6, 6.07) is 17.9. The molecule has 4 aromatic rings. The van der Waals surface area contributed by atoms with Gasteiger partial charge in [0.05, 0.1) is 17.6 Å². The lowest BCUT2D eigenvalue weighted by Crippen LogP contribution is -2.32. The monoisotopic (exact) mass is 386 g/mol. The third kappa shape index (κ3) is 3.77. The second kappa shape index (κ2) is 7.89. The fraction of sp³-hybridized carbons (Fsp3) is 0.227. The van der Waals surface area contributed by atoms with E-state index in [4.69, 9.17) is 4.74 Å². The Labute approximate surface area is 168 Å². The van der Waals surface area contributed by atoms with E-state index < -0.39 is 0 Å². The number of rotatable bonds is 5. The maximum Gasteiger partial charge on any atom is 0.163 e. The van der Waals surface area contributed by atoms with Crippen molar-refractivity contribution in [3.8, 4) is 11.5 Å². The highest BCUT2D eigenvalue weighted by molar-refractivity contribution is 5.88. The van der Waals surface area contributed by atoms with Crippen molar-refractivity contribution in [3.05, 3.63) is 67.1 Å². The highest BCUT2D eigenvalue weighted by atomic mass is 16.5. The molecule has 2 aromatic carbocycles. The molecule has 0 aliphatic carbocycles. The number of ether oxygens (including phenoxy) is 1. The quantitative estimate of drug-likeness (QED) is 0.533. The minimum Gasteiger partial charge on any atom is -0.457 e. The third-order valence-electron chi connectivity index (χ3n) is 5.10. The van der Waals surface area contributed by atoms with Gasteiger partial charge in [-0.3, -0.25) is 0 Å². The first-order valence-corrected chi connectivity index (χ1v) is 9.86. The van der Waals surface area contributed by atoms with Crippen molar-refractivity contribution in [2.45, 2.75) is 18.9 Å². The first-order chi connectivity index (χ1) is 14.4. The molecule has 0 bridgehead atoms. The number of piperidine rings is 1. The van der Waals surface area contributed by atoms with Gasteiger partial charge in [-0.15, -0.1) is 0 Å². The molecule has 146 valence electrons. The number of nitrogens with zero attached hydrogens (tertiary/aromatic N) is 4. The Kier molecular flexibility index (Phi) is 4.80. The Morgan fingerprint density at radius 1 is 1.00 bits per heavy atom. The lowest BCUT2D eigenvalue weighted by molar-refractivity contribution is 0.353. The van der Waals surface area contributed by atoms with E-state index in [2.05, 4.69) is 25.7 Å². The van der Waals surface area contributed by atoms with Crippen molar-refractivity contribution in [1.29, 1.82) is 0 Å². The van der Waals surface area contributed by atoms with Gasteiger partial charge < -0.3 is 15.4 Å². The average Bonchev–Trinajstić information content (AvgIpc) is 3.22. The molecule has 0 unspecified atom stereocenters. The summed E-state index contributed by atoms with van der Waals surface area (Å²) in [5.41, 5.74) is 1.79. The molecular weight excluding hydrogens is 364 g/mol. The van der Waals surface area contributed by atoms with Gasteiger partial charge in [-0.25, -0.2) is 14.6 Å². The number of benzene rings is 2. The third-order valence-corrected chi connectivity index (χ3v) is 5.10. The highest BCUT2D eigenvalue weighted by Gasteiger charge is 2.19. The van der Waals surface area contributed by atoms with Crippen LogP contribution < -0.4 is 15.4 Å². The second-order valence-corrected chi connectivity index (χ2v) is 7.11. The number of hydrogen-bond donors (Lipinski definition) is 2. The van der Waals surface area contributed by atoms with Gasteiger partial charge in [0.1, 0.15) is 23.6 Å². The van der Waals surface area contributed by atoms with E-state index in [9.17, 15) is 0 Å². The van der Waals surface area contributed by atoms with Crippen molar-refractivity contribution in [2.24, 2.45) is 0 Å². The lowest BCUT2D eigenvalue weighted by atomic mass is 10.1. The van der Waals surface area contributed by atoms with Gasteiger partial charge in [-0.2, -0.15) is 5.10 Å². The molecular formula is C22H22N6O. The predicted molar refractivity (Wildman–Crippen MR) is 113 cm³/mol. The van der Waals surface area contributed by atoms with Crippen molar-refractivity contribution in [3.63, 3.8) is 0 Å². The molecule has 2 N–H and O–H groups in total. The maximum atomic E-state index is 5.85. The summed E-state index contributed by atoms with van der Waals surface area (Å²) in [7, 11) is 0. The zero-order valence-corrected chi connectivity index (χ0v) is 16.0. The van der Waals surface area contributed by atoms with E-state index in [1.165, 1.54) is 0 Å². The smallest absolute Gasteiger partial charge is 0.163 e. The second-order valence-electron chi connectivity index (χ2n) is 7.11. The Balaban J connectivity index is 1.35. The molecule has 1 atom stereocenters. The first-order valence-electron chi connectivity index (χ1n) is 9.86. The normalized spacial score (nSPS) is 16.6. The molecule has 1 aliphatic heterocycles. The van der Waals surface area contributed by atoms with Crippen LogP contribution in [0.25, 0.3) is 11.0 Å². The molecule has 1 saturated heterocycles. The minimum absolute atomic E-state index is 0.332. The minimum atomic E-state index is 0.332. The Bertz CT molecular complexity index is 1090. The van der Waals surface area contributed by atoms with Gasteiger partial charge in [-0.05, 0) is 55.8 Å². The zero-order chi connectivity index (χ0) is 19.5. The van der Waals surface area contributed by atoms with Gasteiger partial charge in [0, 0.05) is 12.2 Å². The molecule has 7 nitrogen and oxygen atoms in total. The Hall–Kier alpha value is -3.45. The number of hydrogen-bond acceptors (Lipinski definition) is 6. The van der Waals surface area contributed by atoms with Crippen LogP contribution >= 0.6 is 0 Å². The average molecular weight is 386 g/mol. The number of para-hydroxylation sites is 1. The van der Waals surface area contributed by atoms with Crippen molar-refractivity contribution in [2.75, 3.05) is 18.4 Å². The summed E-state index contributed by atoms with van der Waals surface area (Å²) in [6.07, 6.45) is 5.70. The number of aromatic nitrogens is 4. The van der Waals surface area contributed by atoms with E-state index in [0.717, 1.165) is 60.0 Å². The van der Waals surface area contributed by atoms with Gasteiger partial charge >= 0.3 is 0 Å². The van der Waals surface area contributed by atoms with Gasteiger partial charge in [0.2, 0.25) is 0 Å². The first kappa shape index (κ1) is 17.6. The maximum absolute atomic E-state index is 5.85. The fourth-order valence-corrected chi connectivity index (χ4v) is 3.64. The summed E-state index contributed by atoms with van der Waals surface area (Å²) < 4.78 is 7.87. The van der Waals surface area contributed by atoms with Crippen LogP contribution in [0.1, 0.15) is 18.9 Å². The summed E-state index contributed by atoms with van der Waals surface area (Å²) in [4.78, 5) is 8.91. The molecule has 0 radical (unpaired) electrons. The Morgan fingerprint density at radius 2 is 1.83 bits per heavy atom. The predicted octanol–water partition coefficient (Wildman–Crippen LogP) is 4.29.